The number of amides is 2. The summed E-state index contributed by atoms with van der Waals surface area (Å²) in [5, 5.41) is 0. The number of aryl methyl sites for hydroxylation is 4. The van der Waals surface area contributed by atoms with E-state index in [4.69, 9.17) is 0 Å². The molecule has 0 aliphatic carbocycles. The third-order valence-corrected chi connectivity index (χ3v) is 7.82. The number of hydrogen-bond donors (Lipinski definition) is 0. The van der Waals surface area contributed by atoms with Crippen LogP contribution in [0.4, 0.5) is 0 Å². The smallest absolute Gasteiger partial charge is 0.298 e. The molecule has 0 saturated carbocycles. The summed E-state index contributed by atoms with van der Waals surface area (Å²) < 4.78 is 5.91. The summed E-state index contributed by atoms with van der Waals surface area (Å²) in [5.41, 5.74) is 4.52. The van der Waals surface area contributed by atoms with Gasteiger partial charge in [-0.3, -0.25) is 9.59 Å². The molecule has 3 aromatic heterocycles. The first-order chi connectivity index (χ1) is 16.3. The summed E-state index contributed by atoms with van der Waals surface area (Å²) in [6, 6.07) is 16.8. The zero-order valence-electron chi connectivity index (χ0n) is 19.1. The molecule has 0 N–H and O–H groups in total. The normalized spacial score (nSPS) is 12.7. The SMILES string of the molecule is Cc1cccc2sc(=NC(=O)c3cccc(C(=O)N=c4sc5cccc(C)c5n4C)n3)n(C)c12. The average molecular weight is 488 g/mol. The van der Waals surface area contributed by atoms with Gasteiger partial charge in [-0.15, -0.1) is 0 Å². The van der Waals surface area contributed by atoms with Gasteiger partial charge in [0.15, 0.2) is 9.60 Å². The fourth-order valence-corrected chi connectivity index (χ4v) is 6.16. The minimum Gasteiger partial charge on any atom is -0.319 e. The number of thiazole rings is 2. The predicted octanol–water partition coefficient (Wildman–Crippen LogP) is 4.29. The lowest BCUT2D eigenvalue weighted by molar-refractivity contribution is 0.0989. The third-order valence-electron chi connectivity index (χ3n) is 5.63. The van der Waals surface area contributed by atoms with Crippen molar-refractivity contribution in [2.45, 2.75) is 13.8 Å². The number of pyridine rings is 1. The minimum absolute atomic E-state index is 0.104. The van der Waals surface area contributed by atoms with Crippen molar-refractivity contribution < 1.29 is 9.59 Å². The van der Waals surface area contributed by atoms with Crippen molar-refractivity contribution in [1.29, 1.82) is 0 Å². The van der Waals surface area contributed by atoms with Crippen molar-refractivity contribution in [2.75, 3.05) is 0 Å². The maximum Gasteiger partial charge on any atom is 0.298 e. The summed E-state index contributed by atoms with van der Waals surface area (Å²) >= 11 is 2.88. The molecule has 0 fully saturated rings. The number of rotatable bonds is 2. The standard InChI is InChI=1S/C25H21N5O2S2/c1-14-8-5-12-18-20(14)29(3)24(33-18)27-22(31)16-10-7-11-17(26-16)23(32)28-25-30(4)21-15(2)9-6-13-19(21)34-25/h5-13H,1-4H3. The summed E-state index contributed by atoms with van der Waals surface area (Å²) in [6.45, 7) is 4.05. The molecular formula is C25H21N5O2S2. The number of aromatic nitrogens is 3. The lowest BCUT2D eigenvalue weighted by Gasteiger charge is -2.00. The van der Waals surface area contributed by atoms with E-state index in [2.05, 4.69) is 15.0 Å². The van der Waals surface area contributed by atoms with E-state index in [1.807, 2.05) is 73.5 Å². The Kier molecular flexibility index (Phi) is 5.59. The van der Waals surface area contributed by atoms with E-state index in [1.54, 1.807) is 18.2 Å². The van der Waals surface area contributed by atoms with Crippen LogP contribution in [0.2, 0.25) is 0 Å². The molecule has 7 nitrogen and oxygen atoms in total. The van der Waals surface area contributed by atoms with E-state index in [1.165, 1.54) is 22.7 Å². The second-order valence-corrected chi connectivity index (χ2v) is 9.99. The van der Waals surface area contributed by atoms with Crippen molar-refractivity contribution >= 4 is 54.9 Å². The van der Waals surface area contributed by atoms with Crippen LogP contribution in [0.15, 0.2) is 64.6 Å². The van der Waals surface area contributed by atoms with Crippen LogP contribution < -0.4 is 9.60 Å². The maximum absolute atomic E-state index is 12.9. The summed E-state index contributed by atoms with van der Waals surface area (Å²) in [7, 11) is 3.77. The Balaban J connectivity index is 1.51. The second kappa shape index (κ2) is 8.58. The molecule has 3 heterocycles. The number of hydrogen-bond acceptors (Lipinski definition) is 5. The lowest BCUT2D eigenvalue weighted by atomic mass is 10.2. The van der Waals surface area contributed by atoms with Crippen molar-refractivity contribution in [3.63, 3.8) is 0 Å². The molecule has 2 aromatic carbocycles. The first-order valence-electron chi connectivity index (χ1n) is 10.6. The van der Waals surface area contributed by atoms with Crippen molar-refractivity contribution in [1.82, 2.24) is 14.1 Å². The maximum atomic E-state index is 12.9. The largest absolute Gasteiger partial charge is 0.319 e. The number of nitrogens with zero attached hydrogens (tertiary/aromatic N) is 5. The quantitative estimate of drug-likeness (QED) is 0.373. The molecule has 2 amide bonds. The molecule has 0 aliphatic heterocycles. The van der Waals surface area contributed by atoms with Gasteiger partial charge in [0.05, 0.1) is 20.4 Å². The van der Waals surface area contributed by atoms with Crippen LogP contribution in [0.25, 0.3) is 20.4 Å². The Hall–Kier alpha value is -3.69. The Morgan fingerprint density at radius 1 is 0.706 bits per heavy atom. The molecule has 0 radical (unpaired) electrons. The van der Waals surface area contributed by atoms with Crippen molar-refractivity contribution in [2.24, 2.45) is 24.1 Å². The van der Waals surface area contributed by atoms with E-state index in [0.29, 0.717) is 9.60 Å². The fraction of sp³-hybridized carbons (Fsp3) is 0.160. The van der Waals surface area contributed by atoms with Crippen LogP contribution in [0.5, 0.6) is 0 Å². The van der Waals surface area contributed by atoms with Gasteiger partial charge in [0.2, 0.25) is 0 Å². The highest BCUT2D eigenvalue weighted by Gasteiger charge is 2.14. The van der Waals surface area contributed by atoms with Gasteiger partial charge in [0.1, 0.15) is 11.4 Å². The van der Waals surface area contributed by atoms with E-state index < -0.39 is 11.8 Å². The van der Waals surface area contributed by atoms with Crippen molar-refractivity contribution in [3.8, 4) is 0 Å². The van der Waals surface area contributed by atoms with E-state index >= 15 is 0 Å². The topological polar surface area (TPSA) is 81.6 Å². The highest BCUT2D eigenvalue weighted by Crippen LogP contribution is 2.21. The minimum atomic E-state index is -0.502. The molecule has 170 valence electrons. The monoisotopic (exact) mass is 487 g/mol. The highest BCUT2D eigenvalue weighted by molar-refractivity contribution is 7.16. The number of benzene rings is 2. The number of carbonyl (C=O) groups is 2. The summed E-state index contributed by atoms with van der Waals surface area (Å²) in [4.78, 5) is 39.8. The van der Waals surface area contributed by atoms with Gasteiger partial charge in [0.25, 0.3) is 11.8 Å². The number of fused-ring (bicyclic) bond motifs is 2. The first-order valence-corrected chi connectivity index (χ1v) is 12.2. The summed E-state index contributed by atoms with van der Waals surface area (Å²) in [5.74, 6) is -1.00. The molecule has 5 aromatic rings. The Morgan fingerprint density at radius 3 is 1.53 bits per heavy atom. The summed E-state index contributed by atoms with van der Waals surface area (Å²) in [6.07, 6.45) is 0. The Bertz CT molecular complexity index is 1630. The Labute approximate surface area is 203 Å². The van der Waals surface area contributed by atoms with E-state index in [-0.39, 0.29) is 11.4 Å². The molecule has 34 heavy (non-hydrogen) atoms. The van der Waals surface area contributed by atoms with Crippen LogP contribution in [-0.2, 0) is 14.1 Å². The fourth-order valence-electron chi connectivity index (χ4n) is 3.97. The average Bonchev–Trinajstić information content (AvgIpc) is 3.31. The number of para-hydroxylation sites is 2. The molecule has 5 rings (SSSR count). The molecular weight excluding hydrogens is 466 g/mol. The first kappa shape index (κ1) is 22.1. The lowest BCUT2D eigenvalue weighted by Crippen LogP contribution is -2.16. The van der Waals surface area contributed by atoms with Gasteiger partial charge in [-0.1, -0.05) is 53.0 Å². The van der Waals surface area contributed by atoms with E-state index in [0.717, 1.165) is 31.6 Å². The predicted molar refractivity (Wildman–Crippen MR) is 135 cm³/mol. The molecule has 0 unspecified atom stereocenters. The molecule has 9 heteroatoms. The van der Waals surface area contributed by atoms with Crippen LogP contribution >= 0.6 is 22.7 Å². The van der Waals surface area contributed by atoms with Gasteiger partial charge in [-0.25, -0.2) is 4.98 Å². The van der Waals surface area contributed by atoms with E-state index in [9.17, 15) is 9.59 Å². The molecule has 0 spiro atoms. The third kappa shape index (κ3) is 3.82. The van der Waals surface area contributed by atoms with Crippen LogP contribution in [-0.4, -0.2) is 25.9 Å². The molecule has 0 atom stereocenters. The van der Waals surface area contributed by atoms with Crippen LogP contribution in [0, 0.1) is 13.8 Å². The van der Waals surface area contributed by atoms with Gasteiger partial charge in [-0.05, 0) is 49.2 Å². The molecule has 0 aliphatic rings. The zero-order chi connectivity index (χ0) is 24.0. The molecule has 0 saturated heterocycles. The van der Waals surface area contributed by atoms with Crippen molar-refractivity contribution in [3.05, 3.63) is 86.7 Å². The Morgan fingerprint density at radius 2 is 1.12 bits per heavy atom. The second-order valence-electron chi connectivity index (χ2n) is 7.97. The number of carbonyl (C=O) groups excluding carboxylic acids is 2. The van der Waals surface area contributed by atoms with Crippen LogP contribution in [0.1, 0.15) is 32.1 Å². The van der Waals surface area contributed by atoms with Crippen LogP contribution in [0.3, 0.4) is 0 Å². The van der Waals surface area contributed by atoms with Gasteiger partial charge >= 0.3 is 0 Å². The van der Waals surface area contributed by atoms with Gasteiger partial charge in [-0.2, -0.15) is 9.98 Å². The highest BCUT2D eigenvalue weighted by atomic mass is 32.1. The van der Waals surface area contributed by atoms with Gasteiger partial charge in [0, 0.05) is 14.1 Å². The van der Waals surface area contributed by atoms with Gasteiger partial charge < -0.3 is 9.13 Å². The molecule has 0 bridgehead atoms. The zero-order valence-corrected chi connectivity index (χ0v) is 20.7.